The van der Waals surface area contributed by atoms with Gasteiger partial charge >= 0.3 is 0 Å². The molecule has 0 N–H and O–H groups in total. The molecule has 2 heterocycles. The molecule has 0 amide bonds. The van der Waals surface area contributed by atoms with Crippen molar-refractivity contribution in [3.8, 4) is 27.9 Å². The Morgan fingerprint density at radius 1 is 0.327 bits per heavy atom. The van der Waals surface area contributed by atoms with E-state index in [1.165, 1.54) is 75.0 Å². The third-order valence-electron chi connectivity index (χ3n) is 11.0. The summed E-state index contributed by atoms with van der Waals surface area (Å²) in [5.74, 6) is 0. The van der Waals surface area contributed by atoms with Crippen LogP contribution < -0.4 is 4.90 Å². The molecule has 0 radical (unpaired) electrons. The number of thiophene rings is 1. The number of para-hydroxylation sites is 2. The predicted octanol–water partition coefficient (Wildman–Crippen LogP) is 15.1. The van der Waals surface area contributed by atoms with Crippen molar-refractivity contribution < 1.29 is 0 Å². The molecule has 0 saturated carbocycles. The van der Waals surface area contributed by atoms with Crippen molar-refractivity contribution in [3.63, 3.8) is 0 Å². The van der Waals surface area contributed by atoms with Crippen molar-refractivity contribution >= 4 is 81.1 Å². The third kappa shape index (κ3) is 5.40. The molecular weight excluding hydrogens is 685 g/mol. The van der Waals surface area contributed by atoms with Gasteiger partial charge in [-0.15, -0.1) is 11.3 Å². The molecule has 55 heavy (non-hydrogen) atoms. The highest BCUT2D eigenvalue weighted by Gasteiger charge is 2.17. The molecule has 258 valence electrons. The topological polar surface area (TPSA) is 8.17 Å². The molecule has 3 heteroatoms. The van der Waals surface area contributed by atoms with E-state index in [0.29, 0.717) is 0 Å². The minimum atomic E-state index is 1.09. The lowest BCUT2D eigenvalue weighted by atomic mass is 10.0. The summed E-state index contributed by atoms with van der Waals surface area (Å²) in [4.78, 5) is 2.38. The second-order valence-corrected chi connectivity index (χ2v) is 15.3. The molecule has 0 aliphatic carbocycles. The smallest absolute Gasteiger partial charge is 0.0541 e. The summed E-state index contributed by atoms with van der Waals surface area (Å²) < 4.78 is 5.04. The van der Waals surface area contributed by atoms with Crippen molar-refractivity contribution in [2.45, 2.75) is 0 Å². The Kier molecular flexibility index (Phi) is 7.39. The molecule has 0 bridgehead atoms. The Labute approximate surface area is 323 Å². The summed E-state index contributed by atoms with van der Waals surface area (Å²) in [6, 6.07) is 75.2. The fourth-order valence-electron chi connectivity index (χ4n) is 8.30. The highest BCUT2D eigenvalue weighted by molar-refractivity contribution is 7.25. The first-order valence-corrected chi connectivity index (χ1v) is 19.6. The average Bonchev–Trinajstić information content (AvgIpc) is 3.80. The number of nitrogens with zero attached hydrogens (tertiary/aromatic N) is 2. The summed E-state index contributed by atoms with van der Waals surface area (Å²) in [6.07, 6.45) is 0. The van der Waals surface area contributed by atoms with E-state index in [4.69, 9.17) is 0 Å². The predicted molar refractivity (Wildman–Crippen MR) is 237 cm³/mol. The Morgan fingerprint density at radius 2 is 0.873 bits per heavy atom. The minimum absolute atomic E-state index is 1.09. The SMILES string of the molecule is c1cc(N(c2ccc(-c3ccc4ccccc4c3)cc2)c2ccc(-c3ccc4c(c3)sc3ccccc34)cc2)cc(-n2c3ccccc3c3ccccc32)c1. The zero-order chi connectivity index (χ0) is 36.3. The van der Waals surface area contributed by atoms with Gasteiger partial charge in [0.05, 0.1) is 11.0 Å². The largest absolute Gasteiger partial charge is 0.310 e. The van der Waals surface area contributed by atoms with Crippen LogP contribution in [0.3, 0.4) is 0 Å². The van der Waals surface area contributed by atoms with Crippen LogP contribution in [0.4, 0.5) is 17.1 Å². The van der Waals surface area contributed by atoms with Crippen LogP contribution in [0, 0.1) is 0 Å². The second-order valence-electron chi connectivity index (χ2n) is 14.2. The molecule has 2 nitrogen and oxygen atoms in total. The van der Waals surface area contributed by atoms with Gasteiger partial charge in [-0.3, -0.25) is 0 Å². The van der Waals surface area contributed by atoms with Crippen LogP contribution in [-0.2, 0) is 0 Å². The summed E-state index contributed by atoms with van der Waals surface area (Å²) in [5.41, 5.74) is 11.7. The number of fused-ring (bicyclic) bond motifs is 7. The van der Waals surface area contributed by atoms with Crippen molar-refractivity contribution in [2.75, 3.05) is 4.90 Å². The molecule has 0 fully saturated rings. The highest BCUT2D eigenvalue weighted by Crippen LogP contribution is 2.41. The summed E-state index contributed by atoms with van der Waals surface area (Å²) in [6.45, 7) is 0. The molecule has 2 aromatic heterocycles. The summed E-state index contributed by atoms with van der Waals surface area (Å²) >= 11 is 1.86. The van der Waals surface area contributed by atoms with Crippen molar-refractivity contribution in [3.05, 3.63) is 206 Å². The number of rotatable bonds is 6. The fourth-order valence-corrected chi connectivity index (χ4v) is 9.44. The zero-order valence-corrected chi connectivity index (χ0v) is 30.7. The maximum atomic E-state index is 2.39. The van der Waals surface area contributed by atoms with Crippen LogP contribution in [0.1, 0.15) is 0 Å². The van der Waals surface area contributed by atoms with Gasteiger partial charge < -0.3 is 9.47 Å². The van der Waals surface area contributed by atoms with Gasteiger partial charge in [0.2, 0.25) is 0 Å². The van der Waals surface area contributed by atoms with E-state index in [2.05, 4.69) is 216 Å². The summed E-state index contributed by atoms with van der Waals surface area (Å²) in [7, 11) is 0. The van der Waals surface area contributed by atoms with Gasteiger partial charge in [-0.2, -0.15) is 0 Å². The van der Waals surface area contributed by atoms with E-state index in [1.807, 2.05) is 11.3 Å². The van der Waals surface area contributed by atoms with Gasteiger partial charge in [0.1, 0.15) is 0 Å². The van der Waals surface area contributed by atoms with E-state index >= 15 is 0 Å². The Balaban J connectivity index is 1.02. The lowest BCUT2D eigenvalue weighted by Gasteiger charge is -2.26. The quantitative estimate of drug-likeness (QED) is 0.166. The van der Waals surface area contributed by atoms with Crippen LogP contribution in [0.5, 0.6) is 0 Å². The van der Waals surface area contributed by atoms with Gasteiger partial charge in [-0.1, -0.05) is 133 Å². The number of benzene rings is 9. The van der Waals surface area contributed by atoms with Crippen molar-refractivity contribution in [2.24, 2.45) is 0 Å². The van der Waals surface area contributed by atoms with E-state index < -0.39 is 0 Å². The molecule has 0 atom stereocenters. The van der Waals surface area contributed by atoms with Gasteiger partial charge in [0, 0.05) is 53.7 Å². The van der Waals surface area contributed by atoms with Crippen LogP contribution >= 0.6 is 11.3 Å². The molecule has 0 saturated heterocycles. The van der Waals surface area contributed by atoms with E-state index in [0.717, 1.165) is 22.7 Å². The molecule has 11 rings (SSSR count). The Hall–Kier alpha value is -6.94. The monoisotopic (exact) mass is 718 g/mol. The number of anilines is 3. The maximum absolute atomic E-state index is 2.39. The lowest BCUT2D eigenvalue weighted by Crippen LogP contribution is -2.10. The first kappa shape index (κ1) is 31.6. The molecule has 0 aliphatic rings. The van der Waals surface area contributed by atoms with Gasteiger partial charge in [-0.05, 0) is 106 Å². The number of hydrogen-bond donors (Lipinski definition) is 0. The van der Waals surface area contributed by atoms with Crippen LogP contribution in [0.15, 0.2) is 206 Å². The minimum Gasteiger partial charge on any atom is -0.310 e. The first-order valence-electron chi connectivity index (χ1n) is 18.7. The average molecular weight is 719 g/mol. The second kappa shape index (κ2) is 12.9. The number of hydrogen-bond acceptors (Lipinski definition) is 2. The zero-order valence-electron chi connectivity index (χ0n) is 29.9. The van der Waals surface area contributed by atoms with Gasteiger partial charge in [-0.25, -0.2) is 0 Å². The normalized spacial score (nSPS) is 11.6. The Bertz CT molecular complexity index is 3150. The van der Waals surface area contributed by atoms with Crippen LogP contribution in [0.2, 0.25) is 0 Å². The van der Waals surface area contributed by atoms with Gasteiger partial charge in [0.25, 0.3) is 0 Å². The van der Waals surface area contributed by atoms with Crippen molar-refractivity contribution in [1.29, 1.82) is 0 Å². The first-order chi connectivity index (χ1) is 27.2. The molecule has 9 aromatic carbocycles. The Morgan fingerprint density at radius 3 is 1.58 bits per heavy atom. The molecular formula is C52H34N2S. The molecule has 0 spiro atoms. The lowest BCUT2D eigenvalue weighted by molar-refractivity contribution is 1.17. The third-order valence-corrected chi connectivity index (χ3v) is 12.1. The molecule has 11 aromatic rings. The standard InChI is InChI=1S/C52H34N2S/c1-2-11-38-32-39(21-20-35(38)10-1)36-22-27-41(28-23-36)53(42-29-24-37(25-30-42)40-26-31-48-47-16-5-8-19-51(47)55-52(48)33-40)43-12-9-13-44(34-43)54-49-17-6-3-14-45(49)46-15-4-7-18-50(46)54/h1-34H. The van der Waals surface area contributed by atoms with Crippen LogP contribution in [0.25, 0.3) is 80.7 Å². The van der Waals surface area contributed by atoms with Crippen molar-refractivity contribution in [1.82, 2.24) is 4.57 Å². The number of aromatic nitrogens is 1. The van der Waals surface area contributed by atoms with E-state index in [1.54, 1.807) is 0 Å². The van der Waals surface area contributed by atoms with Crippen LogP contribution in [-0.4, -0.2) is 4.57 Å². The molecule has 0 aliphatic heterocycles. The molecule has 0 unspecified atom stereocenters. The summed E-state index contributed by atoms with van der Waals surface area (Å²) in [5, 5.41) is 7.67. The highest BCUT2D eigenvalue weighted by atomic mass is 32.1. The van der Waals surface area contributed by atoms with Gasteiger partial charge in [0.15, 0.2) is 0 Å². The fraction of sp³-hybridized carbons (Fsp3) is 0. The van der Waals surface area contributed by atoms with E-state index in [9.17, 15) is 0 Å². The van der Waals surface area contributed by atoms with E-state index in [-0.39, 0.29) is 0 Å². The maximum Gasteiger partial charge on any atom is 0.0541 e.